The second-order valence-corrected chi connectivity index (χ2v) is 7.74. The standard InChI is InChI=1S/C21H23ClN4O2/c1-14-17-11-23-26(13-19(27)24-9-5-6-10-24)21(28)20(17)15(2)25(14)12-16-7-3-4-8-18(16)22/h3-4,7-8,11H,5-6,9-10,12-13H2,1-2H3. The van der Waals surface area contributed by atoms with E-state index >= 15 is 0 Å². The van der Waals surface area contributed by atoms with Gasteiger partial charge in [0.25, 0.3) is 5.56 Å². The molecule has 0 atom stereocenters. The van der Waals surface area contributed by atoms with E-state index in [1.54, 1.807) is 11.1 Å². The monoisotopic (exact) mass is 398 g/mol. The summed E-state index contributed by atoms with van der Waals surface area (Å²) in [5.41, 5.74) is 2.61. The Morgan fingerprint density at radius 2 is 1.86 bits per heavy atom. The molecule has 0 N–H and O–H groups in total. The predicted octanol–water partition coefficient (Wildman–Crippen LogP) is 3.14. The van der Waals surface area contributed by atoms with E-state index in [0.29, 0.717) is 17.0 Å². The molecule has 3 heterocycles. The van der Waals surface area contributed by atoms with Crippen LogP contribution in [0.2, 0.25) is 5.02 Å². The van der Waals surface area contributed by atoms with Crippen LogP contribution < -0.4 is 5.56 Å². The highest BCUT2D eigenvalue weighted by molar-refractivity contribution is 6.31. The number of aryl methyl sites for hydroxylation is 2. The van der Waals surface area contributed by atoms with Crippen LogP contribution in [0.3, 0.4) is 0 Å². The number of hydrogen-bond acceptors (Lipinski definition) is 3. The first kappa shape index (κ1) is 18.7. The molecule has 6 nitrogen and oxygen atoms in total. The molecule has 1 aliphatic rings. The third kappa shape index (κ3) is 3.22. The lowest BCUT2D eigenvalue weighted by atomic mass is 10.2. The summed E-state index contributed by atoms with van der Waals surface area (Å²) >= 11 is 6.32. The molecular weight excluding hydrogens is 376 g/mol. The van der Waals surface area contributed by atoms with Crippen molar-refractivity contribution in [2.24, 2.45) is 0 Å². The molecule has 0 radical (unpaired) electrons. The maximum atomic E-state index is 13.1. The van der Waals surface area contributed by atoms with Crippen LogP contribution in [0.25, 0.3) is 10.8 Å². The summed E-state index contributed by atoms with van der Waals surface area (Å²) < 4.78 is 3.37. The number of halogens is 1. The van der Waals surface area contributed by atoms with Crippen molar-refractivity contribution in [2.75, 3.05) is 13.1 Å². The third-order valence-corrected chi connectivity index (χ3v) is 6.00. The first-order valence-electron chi connectivity index (χ1n) is 9.54. The Kier molecular flexibility index (Phi) is 4.98. The fourth-order valence-corrected chi connectivity index (χ4v) is 4.18. The van der Waals surface area contributed by atoms with Gasteiger partial charge < -0.3 is 9.47 Å². The summed E-state index contributed by atoms with van der Waals surface area (Å²) in [7, 11) is 0. The van der Waals surface area contributed by atoms with Crippen LogP contribution in [0.15, 0.2) is 35.3 Å². The van der Waals surface area contributed by atoms with Gasteiger partial charge in [0.2, 0.25) is 5.91 Å². The molecule has 1 fully saturated rings. The maximum Gasteiger partial charge on any atom is 0.276 e. The first-order valence-corrected chi connectivity index (χ1v) is 9.92. The number of hydrogen-bond donors (Lipinski definition) is 0. The van der Waals surface area contributed by atoms with Gasteiger partial charge in [-0.1, -0.05) is 29.8 Å². The van der Waals surface area contributed by atoms with Crippen molar-refractivity contribution in [3.8, 4) is 0 Å². The van der Waals surface area contributed by atoms with Crippen molar-refractivity contribution < 1.29 is 4.79 Å². The van der Waals surface area contributed by atoms with Crippen molar-refractivity contribution in [3.63, 3.8) is 0 Å². The SMILES string of the molecule is Cc1c2cnn(CC(=O)N3CCCC3)c(=O)c2c(C)n1Cc1ccccc1Cl. The zero-order valence-corrected chi connectivity index (χ0v) is 16.9. The van der Waals surface area contributed by atoms with Gasteiger partial charge in [-0.3, -0.25) is 9.59 Å². The fourth-order valence-electron chi connectivity index (χ4n) is 3.99. The summed E-state index contributed by atoms with van der Waals surface area (Å²) in [6.07, 6.45) is 3.74. The summed E-state index contributed by atoms with van der Waals surface area (Å²) in [5.74, 6) is -0.0451. The Morgan fingerprint density at radius 3 is 2.57 bits per heavy atom. The molecule has 146 valence electrons. The number of amides is 1. The van der Waals surface area contributed by atoms with Gasteiger partial charge in [0.05, 0.1) is 11.6 Å². The number of fused-ring (bicyclic) bond motifs is 1. The molecule has 7 heteroatoms. The van der Waals surface area contributed by atoms with Crippen LogP contribution in [0, 0.1) is 13.8 Å². The van der Waals surface area contributed by atoms with E-state index in [0.717, 1.165) is 48.3 Å². The quantitative estimate of drug-likeness (QED) is 0.678. The van der Waals surface area contributed by atoms with Crippen molar-refractivity contribution in [2.45, 2.75) is 39.8 Å². The molecule has 2 aromatic heterocycles. The zero-order chi connectivity index (χ0) is 19.8. The van der Waals surface area contributed by atoms with E-state index in [1.165, 1.54) is 4.68 Å². The molecule has 1 aliphatic heterocycles. The Bertz CT molecular complexity index is 1110. The van der Waals surface area contributed by atoms with Crippen molar-refractivity contribution in [1.82, 2.24) is 19.2 Å². The van der Waals surface area contributed by atoms with Gasteiger partial charge in [0, 0.05) is 41.4 Å². The van der Waals surface area contributed by atoms with Crippen LogP contribution in [0.1, 0.15) is 29.8 Å². The molecule has 0 bridgehead atoms. The van der Waals surface area contributed by atoms with Gasteiger partial charge in [-0.25, -0.2) is 4.68 Å². The second-order valence-electron chi connectivity index (χ2n) is 7.33. The average molecular weight is 399 g/mol. The Morgan fingerprint density at radius 1 is 1.14 bits per heavy atom. The number of nitrogens with zero attached hydrogens (tertiary/aromatic N) is 4. The Balaban J connectivity index is 1.72. The number of likely N-dealkylation sites (tertiary alicyclic amines) is 1. The maximum absolute atomic E-state index is 13.1. The van der Waals surface area contributed by atoms with E-state index in [2.05, 4.69) is 9.67 Å². The highest BCUT2D eigenvalue weighted by atomic mass is 35.5. The zero-order valence-electron chi connectivity index (χ0n) is 16.1. The fraction of sp³-hybridized carbons (Fsp3) is 0.381. The van der Waals surface area contributed by atoms with E-state index in [-0.39, 0.29) is 18.0 Å². The van der Waals surface area contributed by atoms with Gasteiger partial charge in [-0.05, 0) is 38.3 Å². The topological polar surface area (TPSA) is 60.1 Å². The Labute approximate surface area is 168 Å². The summed E-state index contributed by atoms with van der Waals surface area (Å²) in [4.78, 5) is 27.3. The van der Waals surface area contributed by atoms with E-state index in [4.69, 9.17) is 11.6 Å². The summed E-state index contributed by atoms with van der Waals surface area (Å²) in [5, 5.41) is 6.41. The molecule has 1 aromatic carbocycles. The van der Waals surface area contributed by atoms with Gasteiger partial charge in [-0.15, -0.1) is 0 Å². The van der Waals surface area contributed by atoms with Crippen molar-refractivity contribution >= 4 is 28.3 Å². The molecule has 0 saturated carbocycles. The van der Waals surface area contributed by atoms with Crippen LogP contribution >= 0.6 is 11.6 Å². The lowest BCUT2D eigenvalue weighted by Crippen LogP contribution is -2.35. The number of benzene rings is 1. The summed E-state index contributed by atoms with van der Waals surface area (Å²) in [6.45, 7) is 6.01. The minimum Gasteiger partial charge on any atom is -0.343 e. The van der Waals surface area contributed by atoms with Crippen LogP contribution in [-0.2, 0) is 17.9 Å². The molecule has 0 unspecified atom stereocenters. The first-order chi connectivity index (χ1) is 13.5. The van der Waals surface area contributed by atoms with E-state index < -0.39 is 0 Å². The van der Waals surface area contributed by atoms with Crippen molar-refractivity contribution in [1.29, 1.82) is 0 Å². The van der Waals surface area contributed by atoms with E-state index in [1.807, 2.05) is 38.1 Å². The smallest absolute Gasteiger partial charge is 0.276 e. The van der Waals surface area contributed by atoms with Crippen molar-refractivity contribution in [3.05, 3.63) is 62.8 Å². The molecule has 3 aromatic rings. The molecule has 28 heavy (non-hydrogen) atoms. The van der Waals surface area contributed by atoms with Gasteiger partial charge >= 0.3 is 0 Å². The molecule has 0 spiro atoms. The predicted molar refractivity (Wildman–Crippen MR) is 110 cm³/mol. The Hall–Kier alpha value is -2.60. The van der Waals surface area contributed by atoms with Gasteiger partial charge in [0.15, 0.2) is 0 Å². The lowest BCUT2D eigenvalue weighted by molar-refractivity contribution is -0.131. The molecule has 1 saturated heterocycles. The average Bonchev–Trinajstić information content (AvgIpc) is 3.29. The third-order valence-electron chi connectivity index (χ3n) is 5.64. The summed E-state index contributed by atoms with van der Waals surface area (Å²) in [6, 6.07) is 7.70. The molecular formula is C21H23ClN4O2. The lowest BCUT2D eigenvalue weighted by Gasteiger charge is -2.15. The minimum atomic E-state index is -0.219. The number of aromatic nitrogens is 3. The normalized spacial score (nSPS) is 14.2. The second kappa shape index (κ2) is 7.43. The van der Waals surface area contributed by atoms with Crippen LogP contribution in [0.4, 0.5) is 0 Å². The largest absolute Gasteiger partial charge is 0.343 e. The highest BCUT2D eigenvalue weighted by Crippen LogP contribution is 2.25. The molecule has 4 rings (SSSR count). The molecule has 0 aliphatic carbocycles. The minimum absolute atomic E-state index is 0.0110. The van der Waals surface area contributed by atoms with Crippen LogP contribution in [0.5, 0.6) is 0 Å². The van der Waals surface area contributed by atoms with Gasteiger partial charge in [0.1, 0.15) is 6.54 Å². The number of rotatable bonds is 4. The van der Waals surface area contributed by atoms with Gasteiger partial charge in [-0.2, -0.15) is 5.10 Å². The van der Waals surface area contributed by atoms with E-state index in [9.17, 15) is 9.59 Å². The number of carbonyl (C=O) groups is 1. The van der Waals surface area contributed by atoms with Crippen LogP contribution in [-0.4, -0.2) is 38.2 Å². The number of carbonyl (C=O) groups excluding carboxylic acids is 1. The highest BCUT2D eigenvalue weighted by Gasteiger charge is 2.21. The molecule has 1 amide bonds.